The number of hydrogen-bond donors (Lipinski definition) is 0. The van der Waals surface area contributed by atoms with Crippen LogP contribution in [-0.2, 0) is 0 Å². The van der Waals surface area contributed by atoms with E-state index in [1.807, 2.05) is 0 Å². The van der Waals surface area contributed by atoms with Gasteiger partial charge < -0.3 is 0 Å². The highest BCUT2D eigenvalue weighted by Crippen LogP contribution is 2.50. The largest absolute Gasteiger partial charge is 0.288 e. The first-order valence-electron chi connectivity index (χ1n) is 8.63. The van der Waals surface area contributed by atoms with Gasteiger partial charge in [0, 0.05) is 0 Å². The van der Waals surface area contributed by atoms with Crippen LogP contribution in [0.1, 0.15) is 35.6 Å². The fraction of sp³-hybridized carbons (Fsp3) is 0.333. The summed E-state index contributed by atoms with van der Waals surface area (Å²) >= 11 is 2.11. The maximum Gasteiger partial charge on any atom is 0.0760 e. The van der Waals surface area contributed by atoms with Crippen molar-refractivity contribution in [1.29, 1.82) is 0 Å². The van der Waals surface area contributed by atoms with Crippen LogP contribution in [0.3, 0.4) is 0 Å². The van der Waals surface area contributed by atoms with E-state index >= 15 is 0 Å². The normalized spacial score (nSPS) is 25.3. The van der Waals surface area contributed by atoms with Gasteiger partial charge in [0.15, 0.2) is 0 Å². The molecule has 0 saturated carbocycles. The summed E-state index contributed by atoms with van der Waals surface area (Å²) in [7, 11) is 0. The second-order valence-corrected chi connectivity index (χ2v) is 7.63. The molecule has 2 aromatic rings. The van der Waals surface area contributed by atoms with Crippen molar-refractivity contribution in [2.24, 2.45) is 0 Å². The summed E-state index contributed by atoms with van der Waals surface area (Å²) in [5.41, 5.74) is 4.28. The molecule has 1 nitrogen and oxygen atoms in total. The molecule has 0 bridgehead atoms. The van der Waals surface area contributed by atoms with Crippen molar-refractivity contribution in [3.8, 4) is 0 Å². The van der Waals surface area contributed by atoms with Crippen molar-refractivity contribution < 1.29 is 0 Å². The van der Waals surface area contributed by atoms with E-state index in [2.05, 4.69) is 83.4 Å². The summed E-state index contributed by atoms with van der Waals surface area (Å²) in [5.74, 6) is 0. The second-order valence-electron chi connectivity index (χ2n) is 6.40. The quantitative estimate of drug-likeness (QED) is 0.747. The Kier molecular flexibility index (Phi) is 4.54. The third-order valence-corrected chi connectivity index (χ3v) is 6.35. The van der Waals surface area contributed by atoms with E-state index in [0.29, 0.717) is 10.6 Å². The maximum absolute atomic E-state index is 2.67. The number of benzene rings is 2. The summed E-state index contributed by atoms with van der Waals surface area (Å²) in [6.45, 7) is 2.50. The van der Waals surface area contributed by atoms with Gasteiger partial charge in [0.2, 0.25) is 0 Å². The Labute approximate surface area is 143 Å². The van der Waals surface area contributed by atoms with Crippen LogP contribution < -0.4 is 0 Å². The predicted molar refractivity (Wildman–Crippen MR) is 100 cm³/mol. The van der Waals surface area contributed by atoms with Crippen LogP contribution in [0, 0.1) is 0 Å². The van der Waals surface area contributed by atoms with Gasteiger partial charge in [-0.1, -0.05) is 73.2 Å². The van der Waals surface area contributed by atoms with E-state index in [1.165, 1.54) is 49.1 Å². The first kappa shape index (κ1) is 15.0. The van der Waals surface area contributed by atoms with Crippen molar-refractivity contribution in [2.45, 2.75) is 29.9 Å². The Morgan fingerprint density at radius 3 is 2.13 bits per heavy atom. The van der Waals surface area contributed by atoms with Gasteiger partial charge in [-0.2, -0.15) is 0 Å². The molecule has 2 aliphatic rings. The molecule has 0 amide bonds. The Morgan fingerprint density at radius 2 is 1.43 bits per heavy atom. The lowest BCUT2D eigenvalue weighted by Gasteiger charge is -2.31. The average Bonchev–Trinajstić information content (AvgIpc) is 3.09. The van der Waals surface area contributed by atoms with Crippen molar-refractivity contribution in [3.63, 3.8) is 0 Å². The molecule has 2 heterocycles. The topological polar surface area (TPSA) is 3.24 Å². The molecule has 23 heavy (non-hydrogen) atoms. The second kappa shape index (κ2) is 6.94. The number of thioether (sulfide) groups is 1. The number of nitrogens with zero attached hydrogens (tertiary/aromatic N) is 1. The molecule has 4 rings (SSSR count). The van der Waals surface area contributed by atoms with Crippen LogP contribution in [0.5, 0.6) is 0 Å². The molecule has 1 fully saturated rings. The van der Waals surface area contributed by atoms with Crippen LogP contribution in [0.25, 0.3) is 5.57 Å². The molecule has 1 saturated heterocycles. The van der Waals surface area contributed by atoms with Gasteiger partial charge >= 0.3 is 0 Å². The number of rotatable bonds is 3. The average molecular weight is 321 g/mol. The van der Waals surface area contributed by atoms with E-state index in [4.69, 9.17) is 0 Å². The first-order chi connectivity index (χ1) is 11.4. The van der Waals surface area contributed by atoms with E-state index in [9.17, 15) is 0 Å². The molecule has 0 radical (unpaired) electrons. The third-order valence-electron chi connectivity index (χ3n) is 4.84. The molecule has 0 N–H and O–H groups in total. The zero-order chi connectivity index (χ0) is 15.5. The van der Waals surface area contributed by atoms with Gasteiger partial charge in [0.25, 0.3) is 0 Å². The van der Waals surface area contributed by atoms with E-state index < -0.39 is 0 Å². The fourth-order valence-electron chi connectivity index (χ4n) is 3.62. The summed E-state index contributed by atoms with van der Waals surface area (Å²) in [4.78, 5) is 2.67. The SMILES string of the molecule is C1=C(c2ccccc2)C(c2ccccc2)SC1N1CCCCC1. The molecule has 2 aliphatic heterocycles. The minimum Gasteiger partial charge on any atom is -0.288 e. The third kappa shape index (κ3) is 3.24. The Hall–Kier alpha value is -1.51. The summed E-state index contributed by atoms with van der Waals surface area (Å²) in [5, 5.41) is 0.973. The lowest BCUT2D eigenvalue weighted by Crippen LogP contribution is -2.35. The van der Waals surface area contributed by atoms with Crippen LogP contribution in [0.4, 0.5) is 0 Å². The van der Waals surface area contributed by atoms with E-state index in [0.717, 1.165) is 0 Å². The van der Waals surface area contributed by atoms with Gasteiger partial charge in [-0.15, -0.1) is 11.8 Å². The van der Waals surface area contributed by atoms with Crippen molar-refractivity contribution in [3.05, 3.63) is 77.9 Å². The Balaban J connectivity index is 1.67. The fourth-order valence-corrected chi connectivity index (χ4v) is 5.18. The standard InChI is InChI=1S/C21H23NS/c1-4-10-17(11-5-1)19-16-20(22-14-8-3-9-15-22)23-21(19)18-12-6-2-7-13-18/h1-2,4-7,10-13,16,20-21H,3,8-9,14-15H2. The van der Waals surface area contributed by atoms with Crippen LogP contribution in [-0.4, -0.2) is 23.4 Å². The van der Waals surface area contributed by atoms with Gasteiger partial charge in [-0.3, -0.25) is 4.90 Å². The predicted octanol–water partition coefficient (Wildman–Crippen LogP) is 5.37. The molecule has 2 unspecified atom stereocenters. The summed E-state index contributed by atoms with van der Waals surface area (Å²) in [6, 6.07) is 21.9. The van der Waals surface area contributed by atoms with Gasteiger partial charge in [0.1, 0.15) is 0 Å². The zero-order valence-electron chi connectivity index (χ0n) is 13.4. The van der Waals surface area contributed by atoms with Crippen molar-refractivity contribution in [1.82, 2.24) is 4.90 Å². The maximum atomic E-state index is 2.67. The van der Waals surface area contributed by atoms with Crippen molar-refractivity contribution >= 4 is 17.3 Å². The number of likely N-dealkylation sites (tertiary alicyclic amines) is 1. The highest BCUT2D eigenvalue weighted by molar-refractivity contribution is 8.01. The molecule has 0 aromatic heterocycles. The molecule has 2 heteroatoms. The minimum atomic E-state index is 0.450. The first-order valence-corrected chi connectivity index (χ1v) is 9.58. The summed E-state index contributed by atoms with van der Waals surface area (Å²) in [6.07, 6.45) is 6.61. The highest BCUT2D eigenvalue weighted by atomic mass is 32.2. The van der Waals surface area contributed by atoms with E-state index in [1.54, 1.807) is 0 Å². The Bertz CT molecular complexity index is 659. The lowest BCUT2D eigenvalue weighted by molar-refractivity contribution is 0.236. The zero-order valence-corrected chi connectivity index (χ0v) is 14.2. The van der Waals surface area contributed by atoms with Gasteiger partial charge in [-0.25, -0.2) is 0 Å². The van der Waals surface area contributed by atoms with Gasteiger partial charge in [-0.05, 0) is 42.6 Å². The molecule has 0 spiro atoms. The molecule has 2 aromatic carbocycles. The molecule has 118 valence electrons. The van der Waals surface area contributed by atoms with Crippen LogP contribution in [0.15, 0.2) is 66.7 Å². The van der Waals surface area contributed by atoms with E-state index in [-0.39, 0.29) is 0 Å². The molecular weight excluding hydrogens is 298 g/mol. The molecule has 2 atom stereocenters. The lowest BCUT2D eigenvalue weighted by atomic mass is 9.97. The van der Waals surface area contributed by atoms with Crippen molar-refractivity contribution in [2.75, 3.05) is 13.1 Å². The Morgan fingerprint density at radius 1 is 0.783 bits per heavy atom. The van der Waals surface area contributed by atoms with Crippen LogP contribution >= 0.6 is 11.8 Å². The highest BCUT2D eigenvalue weighted by Gasteiger charge is 2.32. The minimum absolute atomic E-state index is 0.450. The smallest absolute Gasteiger partial charge is 0.0760 e. The number of hydrogen-bond acceptors (Lipinski definition) is 2. The summed E-state index contributed by atoms with van der Waals surface area (Å²) < 4.78 is 0. The van der Waals surface area contributed by atoms with Crippen LogP contribution in [0.2, 0.25) is 0 Å². The number of piperidine rings is 1. The molecular formula is C21H23NS. The van der Waals surface area contributed by atoms with Gasteiger partial charge in [0.05, 0.1) is 10.6 Å². The monoisotopic (exact) mass is 321 g/mol. The molecule has 0 aliphatic carbocycles.